The lowest BCUT2D eigenvalue weighted by atomic mass is 10.1. The zero-order chi connectivity index (χ0) is 28.5. The number of guanidine groups is 1. The second kappa shape index (κ2) is 13.6. The largest absolute Gasteiger partial charge is 0.424 e. The number of nitrogens with one attached hydrogen (secondary N) is 2. The molecule has 3 aromatic rings. The van der Waals surface area contributed by atoms with Gasteiger partial charge in [0.25, 0.3) is 0 Å². The van der Waals surface area contributed by atoms with Crippen molar-refractivity contribution in [3.05, 3.63) is 72.8 Å². The third kappa shape index (κ3) is 7.15. The molecule has 40 heavy (non-hydrogen) atoms. The maximum atomic E-state index is 14.0. The van der Waals surface area contributed by atoms with Gasteiger partial charge in [0.1, 0.15) is 17.8 Å². The van der Waals surface area contributed by atoms with Crippen molar-refractivity contribution < 1.29 is 19.1 Å². The normalized spacial score (nSPS) is 16.1. The van der Waals surface area contributed by atoms with Gasteiger partial charge in [-0.3, -0.25) is 19.5 Å². The lowest BCUT2D eigenvalue weighted by Crippen LogP contribution is -2.56. The van der Waals surface area contributed by atoms with Crippen LogP contribution in [0.15, 0.2) is 77.8 Å². The first-order chi connectivity index (χ1) is 19.3. The van der Waals surface area contributed by atoms with Crippen molar-refractivity contribution in [3.63, 3.8) is 0 Å². The summed E-state index contributed by atoms with van der Waals surface area (Å²) < 4.78 is 5.95. The van der Waals surface area contributed by atoms with E-state index >= 15 is 0 Å². The van der Waals surface area contributed by atoms with E-state index in [1.807, 2.05) is 42.5 Å². The van der Waals surface area contributed by atoms with Crippen molar-refractivity contribution in [1.82, 2.24) is 10.6 Å². The monoisotopic (exact) mass is 544 g/mol. The molecular formula is C30H36N6O4. The molecule has 4 rings (SSSR count). The fourth-order valence-electron chi connectivity index (χ4n) is 4.85. The average Bonchev–Trinajstić information content (AvgIpc) is 3.50. The molecule has 1 saturated heterocycles. The number of benzene rings is 3. The highest BCUT2D eigenvalue weighted by Gasteiger charge is 2.36. The Labute approximate surface area is 233 Å². The molecule has 1 fully saturated rings. The number of aliphatic imine (C=N–C) groups is 1. The van der Waals surface area contributed by atoms with Gasteiger partial charge in [0.15, 0.2) is 5.96 Å². The number of fused-ring (bicyclic) bond motifs is 1. The number of para-hydroxylation sites is 1. The molecule has 0 radical (unpaired) electrons. The maximum Gasteiger partial charge on any atom is 0.334 e. The standard InChI is InChI=1S/C30H36N6O4/c1-20(35-27(37)24-15-8-18-33-24)28(38)36(22-12-3-2-4-13-22)25(16-9-19-34-30(31)32)29(39)40-26-17-7-11-21-10-5-6-14-23(21)26/h2-7,10-14,17,20,24-25,33H,8-9,15-16,18-19H2,1H3,(H,35,37)(H4,31,32,34)/t20-,24-,25-/m0/s1. The van der Waals surface area contributed by atoms with Crippen molar-refractivity contribution in [2.75, 3.05) is 18.0 Å². The number of anilines is 1. The molecule has 0 unspecified atom stereocenters. The molecule has 6 N–H and O–H groups in total. The quantitative estimate of drug-likeness (QED) is 0.0951. The van der Waals surface area contributed by atoms with Gasteiger partial charge in [0, 0.05) is 17.6 Å². The summed E-state index contributed by atoms with van der Waals surface area (Å²) in [5.41, 5.74) is 11.5. The molecule has 0 aliphatic carbocycles. The summed E-state index contributed by atoms with van der Waals surface area (Å²) in [5, 5.41) is 7.66. The molecule has 3 atom stereocenters. The van der Waals surface area contributed by atoms with E-state index in [4.69, 9.17) is 16.2 Å². The van der Waals surface area contributed by atoms with Crippen LogP contribution in [-0.4, -0.2) is 55.0 Å². The van der Waals surface area contributed by atoms with Gasteiger partial charge in [0.2, 0.25) is 11.8 Å². The molecule has 1 heterocycles. The number of ether oxygens (including phenoxy) is 1. The van der Waals surface area contributed by atoms with Gasteiger partial charge in [-0.25, -0.2) is 4.79 Å². The fraction of sp³-hybridized carbons (Fsp3) is 0.333. The Morgan fingerprint density at radius 1 is 1.05 bits per heavy atom. The van der Waals surface area contributed by atoms with Gasteiger partial charge in [-0.1, -0.05) is 54.6 Å². The van der Waals surface area contributed by atoms with E-state index in [1.54, 1.807) is 37.3 Å². The molecule has 0 spiro atoms. The molecule has 210 valence electrons. The van der Waals surface area contributed by atoms with Crippen LogP contribution in [0.2, 0.25) is 0 Å². The Bertz CT molecular complexity index is 1350. The van der Waals surface area contributed by atoms with Crippen LogP contribution < -0.4 is 31.7 Å². The highest BCUT2D eigenvalue weighted by Crippen LogP contribution is 2.28. The van der Waals surface area contributed by atoms with E-state index in [0.29, 0.717) is 24.3 Å². The molecule has 1 aliphatic heterocycles. The Hall–Kier alpha value is -4.44. The summed E-state index contributed by atoms with van der Waals surface area (Å²) in [5.74, 6) is -0.934. The van der Waals surface area contributed by atoms with Gasteiger partial charge in [-0.2, -0.15) is 0 Å². The van der Waals surface area contributed by atoms with Crippen LogP contribution in [0.5, 0.6) is 5.75 Å². The summed E-state index contributed by atoms with van der Waals surface area (Å²) in [7, 11) is 0. The molecule has 0 saturated carbocycles. The Kier molecular flexibility index (Phi) is 9.69. The number of hydrogen-bond donors (Lipinski definition) is 4. The minimum atomic E-state index is -1.01. The highest BCUT2D eigenvalue weighted by atomic mass is 16.5. The van der Waals surface area contributed by atoms with E-state index in [2.05, 4.69) is 15.6 Å². The van der Waals surface area contributed by atoms with E-state index in [0.717, 1.165) is 23.7 Å². The zero-order valence-corrected chi connectivity index (χ0v) is 22.6. The maximum absolute atomic E-state index is 14.0. The molecule has 1 aliphatic rings. The Morgan fingerprint density at radius 2 is 1.77 bits per heavy atom. The highest BCUT2D eigenvalue weighted by molar-refractivity contribution is 6.04. The van der Waals surface area contributed by atoms with Crippen LogP contribution in [0.3, 0.4) is 0 Å². The van der Waals surface area contributed by atoms with Gasteiger partial charge in [-0.05, 0) is 62.7 Å². The van der Waals surface area contributed by atoms with Crippen LogP contribution in [0.25, 0.3) is 10.8 Å². The first kappa shape index (κ1) is 28.6. The van der Waals surface area contributed by atoms with Crippen LogP contribution >= 0.6 is 0 Å². The fourth-order valence-corrected chi connectivity index (χ4v) is 4.85. The number of nitrogens with two attached hydrogens (primary N) is 2. The molecule has 0 aromatic heterocycles. The van der Waals surface area contributed by atoms with Crippen LogP contribution in [-0.2, 0) is 14.4 Å². The molecule has 10 nitrogen and oxygen atoms in total. The first-order valence-electron chi connectivity index (χ1n) is 13.5. The van der Waals surface area contributed by atoms with Crippen molar-refractivity contribution in [3.8, 4) is 5.75 Å². The van der Waals surface area contributed by atoms with E-state index in [9.17, 15) is 14.4 Å². The predicted molar refractivity (Wildman–Crippen MR) is 156 cm³/mol. The number of carbonyl (C=O) groups excluding carboxylic acids is 3. The smallest absolute Gasteiger partial charge is 0.334 e. The number of nitrogens with zero attached hydrogens (tertiary/aromatic N) is 2. The van der Waals surface area contributed by atoms with Gasteiger partial charge in [-0.15, -0.1) is 0 Å². The second-order valence-corrected chi connectivity index (χ2v) is 9.79. The Balaban J connectivity index is 1.65. The number of carbonyl (C=O) groups is 3. The summed E-state index contributed by atoms with van der Waals surface area (Å²) in [4.78, 5) is 46.1. The average molecular weight is 545 g/mol. The third-order valence-electron chi connectivity index (χ3n) is 6.85. The summed E-state index contributed by atoms with van der Waals surface area (Å²) in [6.45, 7) is 2.66. The predicted octanol–water partition coefficient (Wildman–Crippen LogP) is 2.46. The first-order valence-corrected chi connectivity index (χ1v) is 13.5. The molecule has 2 amide bonds. The SMILES string of the molecule is C[C@H](NC(=O)[C@@H]1CCCN1)C(=O)N(c1ccccc1)[C@@H](CCCN=C(N)N)C(=O)Oc1cccc2ccccc12. The van der Waals surface area contributed by atoms with Crippen molar-refractivity contribution in [1.29, 1.82) is 0 Å². The van der Waals surface area contributed by atoms with Crippen LogP contribution in [0.4, 0.5) is 5.69 Å². The van der Waals surface area contributed by atoms with Crippen LogP contribution in [0.1, 0.15) is 32.6 Å². The third-order valence-corrected chi connectivity index (χ3v) is 6.85. The topological polar surface area (TPSA) is 152 Å². The molecule has 0 bridgehead atoms. The van der Waals surface area contributed by atoms with E-state index in [1.165, 1.54) is 4.90 Å². The van der Waals surface area contributed by atoms with Gasteiger partial charge >= 0.3 is 5.97 Å². The summed E-state index contributed by atoms with van der Waals surface area (Å²) >= 11 is 0. The molecule has 3 aromatic carbocycles. The lowest BCUT2D eigenvalue weighted by Gasteiger charge is -2.33. The summed E-state index contributed by atoms with van der Waals surface area (Å²) in [6, 6.07) is 19.7. The Morgan fingerprint density at radius 3 is 2.50 bits per heavy atom. The lowest BCUT2D eigenvalue weighted by molar-refractivity contribution is -0.138. The number of rotatable bonds is 11. The second-order valence-electron chi connectivity index (χ2n) is 9.79. The number of esters is 1. The zero-order valence-electron chi connectivity index (χ0n) is 22.6. The minimum Gasteiger partial charge on any atom is -0.424 e. The number of hydrogen-bond acceptors (Lipinski definition) is 6. The van der Waals surface area contributed by atoms with E-state index < -0.39 is 24.0 Å². The van der Waals surface area contributed by atoms with Gasteiger partial charge < -0.3 is 26.8 Å². The molecular weight excluding hydrogens is 508 g/mol. The summed E-state index contributed by atoms with van der Waals surface area (Å²) in [6.07, 6.45) is 2.25. The van der Waals surface area contributed by atoms with Gasteiger partial charge in [0.05, 0.1) is 6.04 Å². The van der Waals surface area contributed by atoms with Crippen molar-refractivity contribution >= 4 is 40.2 Å². The van der Waals surface area contributed by atoms with E-state index in [-0.39, 0.29) is 30.9 Å². The molecule has 10 heteroatoms. The van der Waals surface area contributed by atoms with Crippen LogP contribution in [0, 0.1) is 0 Å². The van der Waals surface area contributed by atoms with Crippen molar-refractivity contribution in [2.24, 2.45) is 16.5 Å². The van der Waals surface area contributed by atoms with Crippen molar-refractivity contribution in [2.45, 2.75) is 50.7 Å². The minimum absolute atomic E-state index is 0.0530. The number of amides is 2.